The van der Waals surface area contributed by atoms with E-state index in [1.807, 2.05) is 25.1 Å². The number of ether oxygens (including phenoxy) is 2. The Morgan fingerprint density at radius 3 is 2.48 bits per heavy atom. The van der Waals surface area contributed by atoms with Crippen LogP contribution < -0.4 is 10.1 Å². The van der Waals surface area contributed by atoms with Gasteiger partial charge in [0.2, 0.25) is 0 Å². The molecule has 0 radical (unpaired) electrons. The van der Waals surface area contributed by atoms with Crippen LogP contribution in [0.25, 0.3) is 0 Å². The first-order chi connectivity index (χ1) is 14.1. The molecule has 1 unspecified atom stereocenters. The average Bonchev–Trinajstić information content (AvgIpc) is 2.76. The van der Waals surface area contributed by atoms with Crippen molar-refractivity contribution in [3.63, 3.8) is 0 Å². The van der Waals surface area contributed by atoms with Crippen molar-refractivity contribution in [2.75, 3.05) is 39.5 Å². The van der Waals surface area contributed by atoms with Gasteiger partial charge in [-0.1, -0.05) is 37.3 Å². The fourth-order valence-corrected chi connectivity index (χ4v) is 3.54. The number of rotatable bonds is 8. The molecule has 1 heterocycles. The number of amides is 1. The summed E-state index contributed by atoms with van der Waals surface area (Å²) < 4.78 is 11.2. The minimum Gasteiger partial charge on any atom is -0.484 e. The smallest absolute Gasteiger partial charge is 0.258 e. The Kier molecular flexibility index (Phi) is 7.67. The highest BCUT2D eigenvalue weighted by molar-refractivity contribution is 5.77. The van der Waals surface area contributed by atoms with Crippen LogP contribution >= 0.6 is 0 Å². The number of nitrogens with one attached hydrogen (secondary N) is 1. The summed E-state index contributed by atoms with van der Waals surface area (Å²) >= 11 is 0. The van der Waals surface area contributed by atoms with E-state index in [0.29, 0.717) is 6.54 Å². The normalized spacial score (nSPS) is 15.7. The first-order valence-corrected chi connectivity index (χ1v) is 10.4. The van der Waals surface area contributed by atoms with Gasteiger partial charge in [-0.3, -0.25) is 9.69 Å². The van der Waals surface area contributed by atoms with Crippen molar-refractivity contribution in [2.45, 2.75) is 33.2 Å². The zero-order valence-corrected chi connectivity index (χ0v) is 17.7. The minimum absolute atomic E-state index is 0.0209. The number of carbonyl (C=O) groups is 1. The standard InChI is InChI=1S/C24H32N2O3/c1-4-20-6-8-21(9-7-20)23(26-11-13-28-14-12-26)16-25-24(27)17-29-22-10-5-18(2)19(3)15-22/h5-10,15,23H,4,11-14,16-17H2,1-3H3,(H,25,27). The number of nitrogens with zero attached hydrogens (tertiary/aromatic N) is 1. The molecule has 1 aliphatic heterocycles. The molecule has 2 aromatic carbocycles. The summed E-state index contributed by atoms with van der Waals surface area (Å²) in [5.74, 6) is 0.620. The molecule has 1 amide bonds. The van der Waals surface area contributed by atoms with Crippen LogP contribution in [0.5, 0.6) is 5.75 Å². The lowest BCUT2D eigenvalue weighted by Gasteiger charge is -2.35. The number of hydrogen-bond donors (Lipinski definition) is 1. The maximum atomic E-state index is 12.4. The molecule has 156 valence electrons. The Hall–Kier alpha value is -2.37. The third kappa shape index (κ3) is 6.05. The zero-order chi connectivity index (χ0) is 20.6. The molecule has 5 nitrogen and oxygen atoms in total. The Balaban J connectivity index is 1.59. The van der Waals surface area contributed by atoms with E-state index in [9.17, 15) is 4.79 Å². The largest absolute Gasteiger partial charge is 0.484 e. The zero-order valence-electron chi connectivity index (χ0n) is 17.7. The van der Waals surface area contributed by atoms with Crippen LogP contribution in [0, 0.1) is 13.8 Å². The van der Waals surface area contributed by atoms with Crippen molar-refractivity contribution in [3.05, 3.63) is 64.7 Å². The number of carbonyl (C=O) groups excluding carboxylic acids is 1. The predicted octanol–water partition coefficient (Wildman–Crippen LogP) is 3.43. The second-order valence-electron chi connectivity index (χ2n) is 7.60. The molecule has 0 aromatic heterocycles. The summed E-state index contributed by atoms with van der Waals surface area (Å²) in [6.07, 6.45) is 1.02. The predicted molar refractivity (Wildman–Crippen MR) is 115 cm³/mol. The summed E-state index contributed by atoms with van der Waals surface area (Å²) in [6.45, 7) is 10.0. The van der Waals surface area contributed by atoms with Gasteiger partial charge >= 0.3 is 0 Å². The monoisotopic (exact) mass is 396 g/mol. The van der Waals surface area contributed by atoms with Crippen molar-refractivity contribution in [1.29, 1.82) is 0 Å². The van der Waals surface area contributed by atoms with E-state index < -0.39 is 0 Å². The van der Waals surface area contributed by atoms with Gasteiger partial charge in [0, 0.05) is 19.6 Å². The molecular weight excluding hydrogens is 364 g/mol. The van der Waals surface area contributed by atoms with Crippen LogP contribution in [-0.4, -0.2) is 50.3 Å². The van der Waals surface area contributed by atoms with Gasteiger partial charge in [0.1, 0.15) is 5.75 Å². The van der Waals surface area contributed by atoms with Gasteiger partial charge in [-0.2, -0.15) is 0 Å². The molecular formula is C24H32N2O3. The summed E-state index contributed by atoms with van der Waals surface area (Å²) in [6, 6.07) is 14.7. The molecule has 1 aliphatic rings. The van der Waals surface area contributed by atoms with Crippen LogP contribution in [0.4, 0.5) is 0 Å². The van der Waals surface area contributed by atoms with Crippen LogP contribution in [0.1, 0.15) is 35.2 Å². The van der Waals surface area contributed by atoms with E-state index in [0.717, 1.165) is 44.0 Å². The SMILES string of the molecule is CCc1ccc(C(CNC(=O)COc2ccc(C)c(C)c2)N2CCOCC2)cc1. The third-order valence-corrected chi connectivity index (χ3v) is 5.60. The molecule has 1 fully saturated rings. The van der Waals surface area contributed by atoms with Gasteiger partial charge in [0.05, 0.1) is 19.3 Å². The molecule has 1 atom stereocenters. The number of aryl methyl sites for hydroxylation is 3. The molecule has 0 saturated carbocycles. The van der Waals surface area contributed by atoms with E-state index in [4.69, 9.17) is 9.47 Å². The molecule has 29 heavy (non-hydrogen) atoms. The minimum atomic E-state index is -0.105. The van der Waals surface area contributed by atoms with E-state index in [1.165, 1.54) is 16.7 Å². The van der Waals surface area contributed by atoms with Crippen molar-refractivity contribution in [2.24, 2.45) is 0 Å². The lowest BCUT2D eigenvalue weighted by molar-refractivity contribution is -0.123. The van der Waals surface area contributed by atoms with Crippen LogP contribution in [-0.2, 0) is 16.0 Å². The summed E-state index contributed by atoms with van der Waals surface area (Å²) in [4.78, 5) is 14.8. The number of benzene rings is 2. The molecule has 1 N–H and O–H groups in total. The number of morpholine rings is 1. The van der Waals surface area contributed by atoms with Gasteiger partial charge in [-0.05, 0) is 54.7 Å². The molecule has 0 spiro atoms. The summed E-state index contributed by atoms with van der Waals surface area (Å²) in [7, 11) is 0. The lowest BCUT2D eigenvalue weighted by atomic mass is 10.0. The highest BCUT2D eigenvalue weighted by Crippen LogP contribution is 2.22. The van der Waals surface area contributed by atoms with Gasteiger partial charge in [-0.25, -0.2) is 0 Å². The summed E-state index contributed by atoms with van der Waals surface area (Å²) in [5, 5.41) is 3.06. The maximum Gasteiger partial charge on any atom is 0.258 e. The van der Waals surface area contributed by atoms with Crippen molar-refractivity contribution < 1.29 is 14.3 Å². The lowest BCUT2D eigenvalue weighted by Crippen LogP contribution is -2.44. The average molecular weight is 397 g/mol. The molecule has 0 bridgehead atoms. The first-order valence-electron chi connectivity index (χ1n) is 10.4. The molecule has 1 saturated heterocycles. The van der Waals surface area contributed by atoms with E-state index in [-0.39, 0.29) is 18.6 Å². The first kappa shape index (κ1) is 21.3. The fraction of sp³-hybridized carbons (Fsp3) is 0.458. The quantitative estimate of drug-likeness (QED) is 0.743. The Bertz CT molecular complexity index is 798. The number of hydrogen-bond acceptors (Lipinski definition) is 4. The van der Waals surface area contributed by atoms with Crippen LogP contribution in [0.3, 0.4) is 0 Å². The van der Waals surface area contributed by atoms with Crippen molar-refractivity contribution in [3.8, 4) is 5.75 Å². The summed E-state index contributed by atoms with van der Waals surface area (Å²) in [5.41, 5.74) is 4.91. The van der Waals surface area contributed by atoms with Crippen molar-refractivity contribution in [1.82, 2.24) is 10.2 Å². The highest BCUT2D eigenvalue weighted by Gasteiger charge is 2.23. The van der Waals surface area contributed by atoms with Gasteiger partial charge in [0.25, 0.3) is 5.91 Å². The van der Waals surface area contributed by atoms with E-state index >= 15 is 0 Å². The molecule has 0 aliphatic carbocycles. The Morgan fingerprint density at radius 1 is 1.10 bits per heavy atom. The van der Waals surface area contributed by atoms with E-state index in [2.05, 4.69) is 48.3 Å². The highest BCUT2D eigenvalue weighted by atomic mass is 16.5. The van der Waals surface area contributed by atoms with Crippen LogP contribution in [0.2, 0.25) is 0 Å². The molecule has 5 heteroatoms. The van der Waals surface area contributed by atoms with Gasteiger partial charge in [-0.15, -0.1) is 0 Å². The van der Waals surface area contributed by atoms with Gasteiger partial charge in [0.15, 0.2) is 6.61 Å². The van der Waals surface area contributed by atoms with E-state index in [1.54, 1.807) is 0 Å². The topological polar surface area (TPSA) is 50.8 Å². The Morgan fingerprint density at radius 2 is 1.83 bits per heavy atom. The Labute approximate surface area is 174 Å². The molecule has 2 aromatic rings. The molecule has 3 rings (SSSR count). The second-order valence-corrected chi connectivity index (χ2v) is 7.60. The second kappa shape index (κ2) is 10.4. The van der Waals surface area contributed by atoms with Crippen LogP contribution in [0.15, 0.2) is 42.5 Å². The van der Waals surface area contributed by atoms with Crippen molar-refractivity contribution >= 4 is 5.91 Å². The van der Waals surface area contributed by atoms with Gasteiger partial charge < -0.3 is 14.8 Å². The maximum absolute atomic E-state index is 12.4. The fourth-order valence-electron chi connectivity index (χ4n) is 3.54. The third-order valence-electron chi connectivity index (χ3n) is 5.60.